The molecule has 1 unspecified atom stereocenters. The number of anilines is 1. The van der Waals surface area contributed by atoms with Crippen LogP contribution in [0.2, 0.25) is 0 Å². The molecule has 13 heteroatoms. The molecule has 4 rings (SSSR count). The van der Waals surface area contributed by atoms with Gasteiger partial charge in [-0.15, -0.1) is 0 Å². The molecule has 0 radical (unpaired) electrons. The van der Waals surface area contributed by atoms with Crippen molar-refractivity contribution in [2.45, 2.75) is 44.5 Å². The number of nitrogens with zero attached hydrogens (tertiary/aromatic N) is 3. The zero-order valence-corrected chi connectivity index (χ0v) is 18.4. The Kier molecular flexibility index (Phi) is 6.24. The molecule has 0 saturated carbocycles. The Morgan fingerprint density at radius 1 is 1.14 bits per heavy atom. The molecular formula is C22H19F7N4O2. The van der Waals surface area contributed by atoms with E-state index >= 15 is 4.39 Å². The summed E-state index contributed by atoms with van der Waals surface area (Å²) in [6.07, 6.45) is -7.83. The van der Waals surface area contributed by atoms with E-state index in [1.807, 2.05) is 0 Å². The van der Waals surface area contributed by atoms with Crippen LogP contribution in [0, 0.1) is 18.6 Å². The van der Waals surface area contributed by atoms with Crippen molar-refractivity contribution in [1.29, 1.82) is 0 Å². The van der Waals surface area contributed by atoms with Gasteiger partial charge in [-0.05, 0) is 13.8 Å². The Labute approximate surface area is 193 Å². The van der Waals surface area contributed by atoms with Crippen molar-refractivity contribution < 1.29 is 35.5 Å². The van der Waals surface area contributed by atoms with Gasteiger partial charge in [0.1, 0.15) is 23.0 Å². The van der Waals surface area contributed by atoms with Crippen molar-refractivity contribution in [3.8, 4) is 0 Å². The van der Waals surface area contributed by atoms with Crippen LogP contribution in [-0.4, -0.2) is 33.9 Å². The average molecular weight is 504 g/mol. The molecule has 1 fully saturated rings. The number of rotatable bonds is 5. The minimum absolute atomic E-state index is 0.0280. The maximum Gasteiger partial charge on any atom is 0.414 e. The molecule has 0 amide bonds. The molecule has 3 aromatic rings. The fraction of sp³-hybridized carbons (Fsp3) is 0.409. The van der Waals surface area contributed by atoms with Gasteiger partial charge in [0.15, 0.2) is 5.54 Å². The first-order valence-electron chi connectivity index (χ1n) is 10.4. The van der Waals surface area contributed by atoms with Gasteiger partial charge in [0, 0.05) is 24.8 Å². The molecule has 1 aliphatic rings. The van der Waals surface area contributed by atoms with Gasteiger partial charge in [-0.3, -0.25) is 9.36 Å². The minimum atomic E-state index is -4.95. The predicted molar refractivity (Wildman–Crippen MR) is 111 cm³/mol. The lowest BCUT2D eigenvalue weighted by molar-refractivity contribution is -0.214. The lowest BCUT2D eigenvalue weighted by Gasteiger charge is -2.32. The van der Waals surface area contributed by atoms with Crippen molar-refractivity contribution >= 4 is 16.7 Å². The molecule has 0 bridgehead atoms. The van der Waals surface area contributed by atoms with Crippen molar-refractivity contribution in [3.63, 3.8) is 0 Å². The van der Waals surface area contributed by atoms with Crippen molar-refractivity contribution in [2.75, 3.05) is 18.5 Å². The second-order valence-electron chi connectivity index (χ2n) is 8.25. The zero-order chi connectivity index (χ0) is 25.7. The molecule has 1 saturated heterocycles. The van der Waals surface area contributed by atoms with Gasteiger partial charge in [0.25, 0.3) is 12.0 Å². The maximum atomic E-state index is 15.1. The third-order valence-electron chi connectivity index (χ3n) is 6.03. The molecule has 2 atom stereocenters. The van der Waals surface area contributed by atoms with E-state index in [1.54, 1.807) is 0 Å². The standard InChI is InChI=1S/C22H19F7N4O2/c1-10(12-4-3-5-13(15(12)23)18(25)26)30-19-14-8-33(21(22(27,28)29)6-7-35-9-21)20(34)16(24)17(14)31-11(2)32-19/h3-5,8,10,18H,6-7,9H2,1-2H3,(H,30,31,32)/t10-,21?/m1/s1. The van der Waals surface area contributed by atoms with E-state index in [2.05, 4.69) is 15.3 Å². The van der Waals surface area contributed by atoms with Crippen molar-refractivity contribution in [3.05, 3.63) is 63.3 Å². The molecule has 2 aromatic heterocycles. The van der Waals surface area contributed by atoms with Crippen LogP contribution in [0.4, 0.5) is 36.6 Å². The summed E-state index contributed by atoms with van der Waals surface area (Å²) in [4.78, 5) is 20.6. The van der Waals surface area contributed by atoms with Gasteiger partial charge < -0.3 is 10.1 Å². The summed E-state index contributed by atoms with van der Waals surface area (Å²) >= 11 is 0. The SMILES string of the molecule is Cc1nc(N[C@H](C)c2cccc(C(F)F)c2F)c2cn(C3(C(F)(F)F)CCOC3)c(=O)c(F)c2n1. The average Bonchev–Trinajstić information content (AvgIpc) is 3.27. The van der Waals surface area contributed by atoms with Gasteiger partial charge in [-0.2, -0.15) is 17.6 Å². The second-order valence-corrected chi connectivity index (χ2v) is 8.25. The number of alkyl halides is 5. The summed E-state index contributed by atoms with van der Waals surface area (Å²) in [5.41, 5.74) is -5.87. The van der Waals surface area contributed by atoms with E-state index in [-0.39, 0.29) is 33.8 Å². The number of nitrogens with one attached hydrogen (secondary N) is 1. The molecular weight excluding hydrogens is 485 g/mol. The molecule has 1 aliphatic heterocycles. The highest BCUT2D eigenvalue weighted by molar-refractivity contribution is 5.89. The molecule has 0 aliphatic carbocycles. The summed E-state index contributed by atoms with van der Waals surface area (Å²) < 4.78 is 103. The van der Waals surface area contributed by atoms with E-state index in [4.69, 9.17) is 4.74 Å². The number of halogens is 7. The van der Waals surface area contributed by atoms with Gasteiger partial charge in [-0.25, -0.2) is 23.1 Å². The van der Waals surface area contributed by atoms with E-state index in [0.29, 0.717) is 0 Å². The molecule has 3 heterocycles. The van der Waals surface area contributed by atoms with Crippen LogP contribution in [0.15, 0.2) is 29.2 Å². The van der Waals surface area contributed by atoms with Crippen LogP contribution in [0.5, 0.6) is 0 Å². The van der Waals surface area contributed by atoms with Crippen LogP contribution in [0.1, 0.15) is 42.8 Å². The molecule has 35 heavy (non-hydrogen) atoms. The number of aromatic nitrogens is 3. The highest BCUT2D eigenvalue weighted by Gasteiger charge is 2.59. The third kappa shape index (κ3) is 4.11. The Morgan fingerprint density at radius 2 is 1.83 bits per heavy atom. The lowest BCUT2D eigenvalue weighted by atomic mass is 9.97. The first-order chi connectivity index (χ1) is 16.4. The first-order valence-corrected chi connectivity index (χ1v) is 10.4. The van der Waals surface area contributed by atoms with Gasteiger partial charge in [0.05, 0.1) is 23.6 Å². The Morgan fingerprint density at radius 3 is 2.43 bits per heavy atom. The number of hydrogen-bond acceptors (Lipinski definition) is 5. The summed E-state index contributed by atoms with van der Waals surface area (Å²) in [6.45, 7) is 1.59. The Bertz CT molecular complexity index is 1330. The fourth-order valence-corrected chi connectivity index (χ4v) is 4.15. The van der Waals surface area contributed by atoms with Gasteiger partial charge >= 0.3 is 6.18 Å². The summed E-state index contributed by atoms with van der Waals surface area (Å²) in [5, 5.41) is 2.46. The fourth-order valence-electron chi connectivity index (χ4n) is 4.15. The zero-order valence-electron chi connectivity index (χ0n) is 18.4. The summed E-state index contributed by atoms with van der Waals surface area (Å²) in [5.74, 6) is -2.92. The van der Waals surface area contributed by atoms with Crippen LogP contribution in [0.3, 0.4) is 0 Å². The first kappa shape index (κ1) is 24.9. The number of benzene rings is 1. The quantitative estimate of drug-likeness (QED) is 0.486. The highest BCUT2D eigenvalue weighted by Crippen LogP contribution is 2.43. The maximum absolute atomic E-state index is 15.1. The lowest BCUT2D eigenvalue weighted by Crippen LogP contribution is -2.53. The largest absolute Gasteiger partial charge is 0.414 e. The predicted octanol–water partition coefficient (Wildman–Crippen LogP) is 5.17. The molecule has 188 valence electrons. The number of aryl methyl sites for hydroxylation is 1. The molecule has 1 N–H and O–H groups in total. The topological polar surface area (TPSA) is 69.0 Å². The van der Waals surface area contributed by atoms with E-state index in [1.165, 1.54) is 26.0 Å². The van der Waals surface area contributed by atoms with Crippen molar-refractivity contribution in [1.82, 2.24) is 14.5 Å². The molecule has 6 nitrogen and oxygen atoms in total. The van der Waals surface area contributed by atoms with Crippen LogP contribution >= 0.6 is 0 Å². The second kappa shape index (κ2) is 8.77. The number of ether oxygens (including phenoxy) is 1. The minimum Gasteiger partial charge on any atom is -0.379 e. The van der Waals surface area contributed by atoms with Crippen LogP contribution < -0.4 is 10.9 Å². The normalized spacial score (nSPS) is 19.5. The monoisotopic (exact) mass is 504 g/mol. The highest BCUT2D eigenvalue weighted by atomic mass is 19.4. The number of pyridine rings is 1. The Balaban J connectivity index is 1.89. The number of fused-ring (bicyclic) bond motifs is 1. The summed E-state index contributed by atoms with van der Waals surface area (Å²) in [7, 11) is 0. The van der Waals surface area contributed by atoms with Crippen LogP contribution in [-0.2, 0) is 10.3 Å². The van der Waals surface area contributed by atoms with Gasteiger partial charge in [-0.1, -0.05) is 18.2 Å². The molecule has 1 aromatic carbocycles. The third-order valence-corrected chi connectivity index (χ3v) is 6.03. The smallest absolute Gasteiger partial charge is 0.379 e. The summed E-state index contributed by atoms with van der Waals surface area (Å²) in [6, 6.07) is 2.39. The van der Waals surface area contributed by atoms with E-state index in [9.17, 15) is 31.1 Å². The van der Waals surface area contributed by atoms with Crippen molar-refractivity contribution in [2.24, 2.45) is 0 Å². The van der Waals surface area contributed by atoms with E-state index < -0.39 is 65.5 Å². The van der Waals surface area contributed by atoms with Gasteiger partial charge in [0.2, 0.25) is 5.82 Å². The van der Waals surface area contributed by atoms with Crippen LogP contribution in [0.25, 0.3) is 10.9 Å². The molecule has 0 spiro atoms. The number of hydrogen-bond donors (Lipinski definition) is 1. The van der Waals surface area contributed by atoms with E-state index in [0.717, 1.165) is 12.3 Å². The Hall–Kier alpha value is -3.22.